The summed E-state index contributed by atoms with van der Waals surface area (Å²) in [6, 6.07) is 4.19. The Hall–Kier alpha value is -1.00. The summed E-state index contributed by atoms with van der Waals surface area (Å²) in [4.78, 5) is 10.8. The fourth-order valence-corrected chi connectivity index (χ4v) is 1.64. The zero-order valence-electron chi connectivity index (χ0n) is 8.37. The van der Waals surface area contributed by atoms with Crippen LogP contribution in [0.1, 0.15) is 22.8 Å². The number of rotatable bonds is 4. The first-order valence-corrected chi connectivity index (χ1v) is 5.73. The van der Waals surface area contributed by atoms with Gasteiger partial charge in [0.05, 0.1) is 0 Å². The normalized spacial score (nSPS) is 10.5. The van der Waals surface area contributed by atoms with Crippen LogP contribution in [-0.4, -0.2) is 42.9 Å². The van der Waals surface area contributed by atoms with E-state index in [1.54, 1.807) is 6.92 Å². The summed E-state index contributed by atoms with van der Waals surface area (Å²) in [5.41, 5.74) is 0.0782. The van der Waals surface area contributed by atoms with E-state index in [-0.39, 0.29) is 30.2 Å². The number of aromatic carboxylic acids is 1. The molecule has 0 bridgehead atoms. The number of carboxylic acid groups (broad SMARTS) is 1. The maximum atomic E-state index is 10.8. The van der Waals surface area contributed by atoms with Crippen LogP contribution >= 0.6 is 0 Å². The van der Waals surface area contributed by atoms with E-state index < -0.39 is 16.4 Å². The molecule has 0 radical (unpaired) electrons. The van der Waals surface area contributed by atoms with E-state index in [2.05, 4.69) is 4.18 Å². The Balaban J connectivity index is 0.00000256. The summed E-state index contributed by atoms with van der Waals surface area (Å²) < 4.78 is 34.0. The second kappa shape index (κ2) is 6.07. The van der Waals surface area contributed by atoms with Crippen LogP contribution in [0.5, 0.6) is 5.75 Å². The monoisotopic (exact) mass is 254 g/mol. The SMILES string of the molecule is CCc1cccc(C(=O)O)c1OS(=O)(=O)O.[LiH]. The molecule has 0 saturated heterocycles. The zero-order valence-corrected chi connectivity index (χ0v) is 9.19. The second-order valence-electron chi connectivity index (χ2n) is 2.96. The third-order valence-electron chi connectivity index (χ3n) is 1.90. The molecule has 0 aliphatic heterocycles. The van der Waals surface area contributed by atoms with Crippen molar-refractivity contribution >= 4 is 35.2 Å². The second-order valence-corrected chi connectivity index (χ2v) is 3.99. The Morgan fingerprint density at radius 3 is 2.41 bits per heavy atom. The summed E-state index contributed by atoms with van der Waals surface area (Å²) >= 11 is 0. The molecule has 8 heteroatoms. The van der Waals surface area contributed by atoms with Gasteiger partial charge in [0, 0.05) is 0 Å². The number of benzene rings is 1. The third kappa shape index (κ3) is 4.40. The molecule has 1 rings (SSSR count). The van der Waals surface area contributed by atoms with Gasteiger partial charge < -0.3 is 9.29 Å². The first-order valence-electron chi connectivity index (χ1n) is 4.37. The topological polar surface area (TPSA) is 101 Å². The van der Waals surface area contributed by atoms with Crippen molar-refractivity contribution in [1.29, 1.82) is 0 Å². The fraction of sp³-hybridized carbons (Fsp3) is 0.222. The van der Waals surface area contributed by atoms with Gasteiger partial charge in [0.2, 0.25) is 0 Å². The van der Waals surface area contributed by atoms with Gasteiger partial charge >= 0.3 is 35.2 Å². The van der Waals surface area contributed by atoms with E-state index in [4.69, 9.17) is 9.66 Å². The number of aryl methyl sites for hydroxylation is 1. The average molecular weight is 254 g/mol. The Morgan fingerprint density at radius 1 is 1.41 bits per heavy atom. The van der Waals surface area contributed by atoms with Crippen molar-refractivity contribution in [3.63, 3.8) is 0 Å². The summed E-state index contributed by atoms with van der Waals surface area (Å²) in [5.74, 6) is -1.67. The van der Waals surface area contributed by atoms with Crippen molar-refractivity contribution in [2.75, 3.05) is 0 Å². The van der Waals surface area contributed by atoms with Crippen LogP contribution < -0.4 is 4.18 Å². The molecule has 0 saturated carbocycles. The van der Waals surface area contributed by atoms with Crippen LogP contribution in [0, 0.1) is 0 Å². The first kappa shape index (κ1) is 16.0. The fourth-order valence-electron chi connectivity index (χ4n) is 1.24. The minimum absolute atomic E-state index is 0. The number of para-hydroxylation sites is 1. The van der Waals surface area contributed by atoms with Crippen LogP contribution in [0.3, 0.4) is 0 Å². The Labute approximate surface area is 111 Å². The van der Waals surface area contributed by atoms with E-state index in [1.807, 2.05) is 0 Å². The Bertz CT molecular complexity index is 510. The number of carbonyl (C=O) groups is 1. The molecule has 0 heterocycles. The van der Waals surface area contributed by atoms with Crippen molar-refractivity contribution in [1.82, 2.24) is 0 Å². The predicted molar refractivity (Wildman–Crippen MR) is 62.1 cm³/mol. The van der Waals surface area contributed by atoms with E-state index >= 15 is 0 Å². The average Bonchev–Trinajstić information content (AvgIpc) is 2.15. The van der Waals surface area contributed by atoms with Crippen LogP contribution in [0.15, 0.2) is 18.2 Å². The molecule has 0 atom stereocenters. The molecule has 0 spiro atoms. The van der Waals surface area contributed by atoms with Gasteiger partial charge in [-0.1, -0.05) is 19.1 Å². The molecule has 0 unspecified atom stereocenters. The molecule has 0 amide bonds. The number of hydrogen-bond acceptors (Lipinski definition) is 4. The first-order chi connectivity index (χ1) is 7.35. The molecular formula is C9H11LiO6S. The minimum atomic E-state index is -4.73. The molecule has 0 fully saturated rings. The van der Waals surface area contributed by atoms with Crippen LogP contribution in [0.25, 0.3) is 0 Å². The molecule has 0 aliphatic rings. The van der Waals surface area contributed by atoms with Crippen LogP contribution in [0.2, 0.25) is 0 Å². The van der Waals surface area contributed by atoms with Crippen molar-refractivity contribution in [3.05, 3.63) is 29.3 Å². The van der Waals surface area contributed by atoms with Gasteiger partial charge in [0.25, 0.3) is 0 Å². The molecule has 2 N–H and O–H groups in total. The maximum absolute atomic E-state index is 10.8. The van der Waals surface area contributed by atoms with E-state index in [0.717, 1.165) is 0 Å². The summed E-state index contributed by atoms with van der Waals surface area (Å²) in [7, 11) is -4.73. The molecule has 1 aromatic rings. The molecular weight excluding hydrogens is 243 g/mol. The summed E-state index contributed by atoms with van der Waals surface area (Å²) in [6.45, 7) is 1.71. The van der Waals surface area contributed by atoms with Crippen LogP contribution in [0.4, 0.5) is 0 Å². The number of carboxylic acids is 1. The van der Waals surface area contributed by atoms with E-state index in [0.29, 0.717) is 12.0 Å². The zero-order chi connectivity index (χ0) is 12.3. The van der Waals surface area contributed by atoms with Crippen molar-refractivity contribution in [2.24, 2.45) is 0 Å². The van der Waals surface area contributed by atoms with Crippen molar-refractivity contribution in [3.8, 4) is 5.75 Å². The van der Waals surface area contributed by atoms with Gasteiger partial charge in [-0.3, -0.25) is 4.55 Å². The summed E-state index contributed by atoms with van der Waals surface area (Å²) in [6.07, 6.45) is 0.381. The van der Waals surface area contributed by atoms with E-state index in [1.165, 1.54) is 18.2 Å². The van der Waals surface area contributed by atoms with Gasteiger partial charge in [0.1, 0.15) is 5.56 Å². The predicted octanol–water partition coefficient (Wildman–Crippen LogP) is 0.480. The molecule has 17 heavy (non-hydrogen) atoms. The quantitative estimate of drug-likeness (QED) is 0.598. The molecule has 6 nitrogen and oxygen atoms in total. The van der Waals surface area contributed by atoms with Gasteiger partial charge in [-0.15, -0.1) is 0 Å². The van der Waals surface area contributed by atoms with E-state index in [9.17, 15) is 13.2 Å². The van der Waals surface area contributed by atoms with Gasteiger partial charge in [0.15, 0.2) is 5.75 Å². The van der Waals surface area contributed by atoms with Crippen molar-refractivity contribution < 1.29 is 27.1 Å². The Morgan fingerprint density at radius 2 is 2.00 bits per heavy atom. The Kier molecular flexibility index (Phi) is 5.71. The van der Waals surface area contributed by atoms with Gasteiger partial charge in [-0.25, -0.2) is 4.79 Å². The van der Waals surface area contributed by atoms with Gasteiger partial charge in [-0.2, -0.15) is 8.42 Å². The standard InChI is InChI=1S/C9H10O6S.Li.H/c1-2-6-4-3-5-7(9(10)11)8(6)15-16(12,13)14;;/h3-5H,2H2,1H3,(H,10,11)(H,12,13,14);;. The molecule has 90 valence electrons. The summed E-state index contributed by atoms with van der Waals surface area (Å²) in [5, 5.41) is 8.83. The molecule has 0 aromatic heterocycles. The number of hydrogen-bond donors (Lipinski definition) is 2. The van der Waals surface area contributed by atoms with Gasteiger partial charge in [-0.05, 0) is 18.1 Å². The molecule has 0 aliphatic carbocycles. The molecule has 1 aromatic carbocycles. The third-order valence-corrected chi connectivity index (χ3v) is 2.27. The van der Waals surface area contributed by atoms with Crippen LogP contribution in [-0.2, 0) is 16.8 Å². The van der Waals surface area contributed by atoms with Crippen molar-refractivity contribution in [2.45, 2.75) is 13.3 Å².